The third-order valence-corrected chi connectivity index (χ3v) is 6.33. The molecule has 0 heterocycles. The fraction of sp³-hybridized carbons (Fsp3) is 0.435. The van der Waals surface area contributed by atoms with Crippen LogP contribution in [0.25, 0.3) is 0 Å². The Morgan fingerprint density at radius 2 is 1.93 bits per heavy atom. The van der Waals surface area contributed by atoms with E-state index in [1.54, 1.807) is 0 Å². The summed E-state index contributed by atoms with van der Waals surface area (Å²) in [6, 6.07) is 18.0. The van der Waals surface area contributed by atoms with Crippen LogP contribution in [0.5, 0.6) is 0 Å². The van der Waals surface area contributed by atoms with Crippen molar-refractivity contribution in [2.75, 3.05) is 5.32 Å². The second-order valence-electron chi connectivity index (χ2n) is 8.15. The summed E-state index contributed by atoms with van der Waals surface area (Å²) >= 11 is 0. The zero-order chi connectivity index (χ0) is 18.8. The van der Waals surface area contributed by atoms with Crippen molar-refractivity contribution < 1.29 is 9.90 Å². The monoisotopic (exact) mass is 364 g/mol. The summed E-state index contributed by atoms with van der Waals surface area (Å²) < 4.78 is 0. The highest BCUT2D eigenvalue weighted by atomic mass is 16.3. The topological polar surface area (TPSA) is 75.4 Å². The molecule has 0 radical (unpaired) electrons. The average molecular weight is 364 g/mol. The van der Waals surface area contributed by atoms with Gasteiger partial charge in [-0.25, -0.2) is 0 Å². The van der Waals surface area contributed by atoms with Gasteiger partial charge in [-0.15, -0.1) is 0 Å². The molecule has 27 heavy (non-hydrogen) atoms. The molecule has 1 amide bonds. The largest absolute Gasteiger partial charge is 0.388 e. The van der Waals surface area contributed by atoms with Gasteiger partial charge < -0.3 is 16.2 Å². The van der Waals surface area contributed by atoms with Crippen LogP contribution >= 0.6 is 0 Å². The number of nitrogens with two attached hydrogens (primary N) is 1. The van der Waals surface area contributed by atoms with Crippen molar-refractivity contribution in [1.82, 2.24) is 0 Å². The molecule has 2 saturated carbocycles. The molecule has 2 aromatic rings. The number of hydrogen-bond acceptors (Lipinski definition) is 3. The van der Waals surface area contributed by atoms with Gasteiger partial charge in [0.25, 0.3) is 0 Å². The highest BCUT2D eigenvalue weighted by molar-refractivity contribution is 5.92. The Balaban J connectivity index is 1.32. The van der Waals surface area contributed by atoms with Crippen molar-refractivity contribution >= 4 is 11.6 Å². The van der Waals surface area contributed by atoms with Crippen molar-refractivity contribution in [3.05, 3.63) is 65.7 Å². The van der Waals surface area contributed by atoms with Crippen molar-refractivity contribution in [2.45, 2.75) is 44.2 Å². The van der Waals surface area contributed by atoms with Crippen LogP contribution in [-0.2, 0) is 11.2 Å². The molecule has 142 valence electrons. The maximum Gasteiger partial charge on any atom is 0.227 e. The summed E-state index contributed by atoms with van der Waals surface area (Å²) in [5.41, 5.74) is 8.95. The highest BCUT2D eigenvalue weighted by Gasteiger charge is 2.47. The number of hydrogen-bond donors (Lipinski definition) is 3. The van der Waals surface area contributed by atoms with Gasteiger partial charge in [0.2, 0.25) is 5.91 Å². The lowest BCUT2D eigenvalue weighted by molar-refractivity contribution is -0.119. The van der Waals surface area contributed by atoms with Crippen LogP contribution in [0.4, 0.5) is 5.69 Å². The van der Waals surface area contributed by atoms with Crippen LogP contribution < -0.4 is 11.1 Å². The first-order chi connectivity index (χ1) is 13.1. The Hall–Kier alpha value is -2.17. The molecule has 2 aromatic carbocycles. The zero-order valence-electron chi connectivity index (χ0n) is 15.6. The quantitative estimate of drug-likeness (QED) is 0.732. The SMILES string of the molecule is N[C@@H]1C[C@@H]2CC(C(=O)Nc3cccc(CCC(O)c4ccccc4)c3)C[C@@H]21. The predicted octanol–water partition coefficient (Wildman–Crippen LogP) is 3.66. The molecule has 4 heteroatoms. The van der Waals surface area contributed by atoms with Gasteiger partial charge in [-0.3, -0.25) is 4.79 Å². The van der Waals surface area contributed by atoms with Gasteiger partial charge in [0.15, 0.2) is 0 Å². The minimum atomic E-state index is -0.470. The zero-order valence-corrected chi connectivity index (χ0v) is 15.6. The van der Waals surface area contributed by atoms with E-state index in [4.69, 9.17) is 5.73 Å². The summed E-state index contributed by atoms with van der Waals surface area (Å²) in [5.74, 6) is 1.42. The van der Waals surface area contributed by atoms with Gasteiger partial charge in [0.1, 0.15) is 0 Å². The first kappa shape index (κ1) is 18.2. The molecule has 4 rings (SSSR count). The summed E-state index contributed by atoms with van der Waals surface area (Å²) in [6.07, 6.45) is 3.94. The third kappa shape index (κ3) is 4.07. The number of nitrogens with one attached hydrogen (secondary N) is 1. The molecule has 4 N–H and O–H groups in total. The van der Waals surface area contributed by atoms with Crippen LogP contribution in [0.15, 0.2) is 54.6 Å². The van der Waals surface area contributed by atoms with Crippen LogP contribution in [0, 0.1) is 17.8 Å². The number of carbonyl (C=O) groups is 1. The van der Waals surface area contributed by atoms with E-state index in [1.165, 1.54) is 0 Å². The minimum absolute atomic E-state index is 0.0945. The standard InChI is InChI=1S/C23H28N2O2/c24-21-14-17-12-18(13-20(17)21)23(27)25-19-8-4-5-15(11-19)9-10-22(26)16-6-2-1-3-7-16/h1-8,11,17-18,20-22,26H,9-10,12-14,24H2,(H,25,27)/t17-,18?,20-,21+,22?/m0/s1. The lowest BCUT2D eigenvalue weighted by Gasteiger charge is -2.37. The number of rotatable bonds is 6. The van der Waals surface area contributed by atoms with Crippen LogP contribution in [0.3, 0.4) is 0 Å². The van der Waals surface area contributed by atoms with E-state index in [2.05, 4.69) is 5.32 Å². The minimum Gasteiger partial charge on any atom is -0.388 e. The van der Waals surface area contributed by atoms with Gasteiger partial charge in [-0.1, -0.05) is 42.5 Å². The Morgan fingerprint density at radius 3 is 2.67 bits per heavy atom. The molecular weight excluding hydrogens is 336 g/mol. The lowest BCUT2D eigenvalue weighted by Crippen LogP contribution is -2.44. The van der Waals surface area contributed by atoms with Gasteiger partial charge in [0, 0.05) is 17.6 Å². The molecule has 2 unspecified atom stereocenters. The molecule has 0 saturated heterocycles. The molecule has 0 aliphatic heterocycles. The molecule has 2 aliphatic carbocycles. The number of aliphatic hydroxyl groups is 1. The van der Waals surface area contributed by atoms with E-state index in [1.807, 2.05) is 54.6 Å². The van der Waals surface area contributed by atoms with Crippen LogP contribution in [-0.4, -0.2) is 17.1 Å². The normalized spacial score (nSPS) is 27.5. The Morgan fingerprint density at radius 1 is 1.11 bits per heavy atom. The smallest absolute Gasteiger partial charge is 0.227 e. The van der Waals surface area contributed by atoms with E-state index in [0.29, 0.717) is 24.3 Å². The first-order valence-corrected chi connectivity index (χ1v) is 9.98. The number of anilines is 1. The molecule has 2 fully saturated rings. The second kappa shape index (κ2) is 7.83. The number of aliphatic hydroxyl groups excluding tert-OH is 1. The molecule has 5 atom stereocenters. The number of fused-ring (bicyclic) bond motifs is 1. The number of carbonyl (C=O) groups excluding carboxylic acids is 1. The van der Waals surface area contributed by atoms with Crippen LogP contribution in [0.1, 0.15) is 42.9 Å². The van der Waals surface area contributed by atoms with Crippen molar-refractivity contribution in [2.24, 2.45) is 23.5 Å². The lowest BCUT2D eigenvalue weighted by atomic mass is 9.72. The van der Waals surface area contributed by atoms with E-state index in [-0.39, 0.29) is 11.8 Å². The molecule has 0 spiro atoms. The average Bonchev–Trinajstić information content (AvgIpc) is 3.04. The van der Waals surface area contributed by atoms with E-state index >= 15 is 0 Å². The highest BCUT2D eigenvalue weighted by Crippen LogP contribution is 2.49. The van der Waals surface area contributed by atoms with Gasteiger partial charge in [-0.05, 0) is 67.2 Å². The number of amides is 1. The Bertz CT molecular complexity index is 792. The van der Waals surface area contributed by atoms with E-state index in [0.717, 1.165) is 42.5 Å². The summed E-state index contributed by atoms with van der Waals surface area (Å²) in [5, 5.41) is 13.4. The van der Waals surface area contributed by atoms with Crippen molar-refractivity contribution in [3.8, 4) is 0 Å². The van der Waals surface area contributed by atoms with E-state index in [9.17, 15) is 9.90 Å². The predicted molar refractivity (Wildman–Crippen MR) is 107 cm³/mol. The van der Waals surface area contributed by atoms with Crippen molar-refractivity contribution in [1.29, 1.82) is 0 Å². The third-order valence-electron chi connectivity index (χ3n) is 6.33. The van der Waals surface area contributed by atoms with Gasteiger partial charge in [-0.2, -0.15) is 0 Å². The maximum atomic E-state index is 12.6. The molecule has 0 aromatic heterocycles. The van der Waals surface area contributed by atoms with E-state index < -0.39 is 6.10 Å². The Labute approximate surface area is 160 Å². The summed E-state index contributed by atoms with van der Waals surface area (Å²) in [7, 11) is 0. The molecular formula is C23H28N2O2. The van der Waals surface area contributed by atoms with Gasteiger partial charge in [0.05, 0.1) is 6.10 Å². The summed E-state index contributed by atoms with van der Waals surface area (Å²) in [4.78, 5) is 12.6. The fourth-order valence-corrected chi connectivity index (χ4v) is 4.69. The molecule has 0 bridgehead atoms. The number of benzene rings is 2. The summed E-state index contributed by atoms with van der Waals surface area (Å²) in [6.45, 7) is 0. The second-order valence-corrected chi connectivity index (χ2v) is 8.15. The van der Waals surface area contributed by atoms with Crippen LogP contribution in [0.2, 0.25) is 0 Å². The number of aryl methyl sites for hydroxylation is 1. The Kier molecular flexibility index (Phi) is 5.28. The molecule has 4 nitrogen and oxygen atoms in total. The first-order valence-electron chi connectivity index (χ1n) is 9.98. The van der Waals surface area contributed by atoms with Crippen molar-refractivity contribution in [3.63, 3.8) is 0 Å². The molecule has 2 aliphatic rings. The fourth-order valence-electron chi connectivity index (χ4n) is 4.69. The maximum absolute atomic E-state index is 12.6. The van der Waals surface area contributed by atoms with Gasteiger partial charge >= 0.3 is 0 Å².